The number of amides is 2. The van der Waals surface area contributed by atoms with Crippen LogP contribution >= 0.6 is 15.9 Å². The van der Waals surface area contributed by atoms with Crippen LogP contribution in [-0.4, -0.2) is 18.4 Å². The predicted octanol–water partition coefficient (Wildman–Crippen LogP) is 4.55. The number of hydrogen-bond acceptors (Lipinski definition) is 3. The largest absolute Gasteiger partial charge is 0.483 e. The van der Waals surface area contributed by atoms with E-state index in [1.807, 2.05) is 18.2 Å². The second kappa shape index (κ2) is 8.67. The first kappa shape index (κ1) is 19.0. The molecule has 132 valence electrons. The van der Waals surface area contributed by atoms with Crippen LogP contribution in [0.15, 0.2) is 46.9 Å². The minimum absolute atomic E-state index is 0.0746. The summed E-state index contributed by atoms with van der Waals surface area (Å²) in [5, 5.41) is 5.44. The van der Waals surface area contributed by atoms with Crippen LogP contribution in [0.4, 0.5) is 11.4 Å². The van der Waals surface area contributed by atoms with Crippen molar-refractivity contribution in [2.24, 2.45) is 0 Å². The van der Waals surface area contributed by atoms with E-state index in [0.717, 1.165) is 10.0 Å². The molecule has 2 N–H and O–H groups in total. The summed E-state index contributed by atoms with van der Waals surface area (Å²) in [6.07, 6.45) is 0. The minimum Gasteiger partial charge on any atom is -0.483 e. The Morgan fingerprint density at radius 2 is 1.64 bits per heavy atom. The molecular formula is C19H21BrN2O3. The topological polar surface area (TPSA) is 67.4 Å². The highest BCUT2D eigenvalue weighted by atomic mass is 79.9. The van der Waals surface area contributed by atoms with Crippen molar-refractivity contribution in [3.8, 4) is 5.75 Å². The maximum Gasteiger partial charge on any atom is 0.262 e. The van der Waals surface area contributed by atoms with Crippen LogP contribution in [0.25, 0.3) is 0 Å². The first-order chi connectivity index (χ1) is 11.8. The van der Waals surface area contributed by atoms with Crippen molar-refractivity contribution in [1.82, 2.24) is 0 Å². The number of ether oxygens (including phenoxy) is 1. The monoisotopic (exact) mass is 404 g/mol. The summed E-state index contributed by atoms with van der Waals surface area (Å²) in [7, 11) is 0. The van der Waals surface area contributed by atoms with Crippen LogP contribution in [0.1, 0.15) is 32.3 Å². The van der Waals surface area contributed by atoms with Gasteiger partial charge < -0.3 is 15.4 Å². The van der Waals surface area contributed by atoms with Crippen LogP contribution in [-0.2, 0) is 9.59 Å². The molecule has 0 heterocycles. The zero-order valence-electron chi connectivity index (χ0n) is 14.4. The fraction of sp³-hybridized carbons (Fsp3) is 0.263. The van der Waals surface area contributed by atoms with Gasteiger partial charge in [0.2, 0.25) is 5.91 Å². The van der Waals surface area contributed by atoms with Crippen LogP contribution in [0.5, 0.6) is 5.75 Å². The zero-order valence-corrected chi connectivity index (χ0v) is 16.0. The molecule has 0 bridgehead atoms. The molecule has 0 fully saturated rings. The van der Waals surface area contributed by atoms with Crippen LogP contribution < -0.4 is 15.4 Å². The summed E-state index contributed by atoms with van der Waals surface area (Å²) in [6, 6.07) is 12.6. The Balaban J connectivity index is 1.94. The number of halogens is 1. The van der Waals surface area contributed by atoms with E-state index in [1.54, 1.807) is 24.3 Å². The summed E-state index contributed by atoms with van der Waals surface area (Å²) in [6.45, 7) is 5.52. The lowest BCUT2D eigenvalue weighted by molar-refractivity contribution is -0.118. The predicted molar refractivity (Wildman–Crippen MR) is 103 cm³/mol. The molecule has 0 radical (unpaired) electrons. The highest BCUT2D eigenvalue weighted by Crippen LogP contribution is 2.29. The molecule has 0 atom stereocenters. The van der Waals surface area contributed by atoms with E-state index in [4.69, 9.17) is 4.74 Å². The molecule has 5 nitrogen and oxygen atoms in total. The lowest BCUT2D eigenvalue weighted by atomic mass is 10.0. The number of nitrogens with one attached hydrogen (secondary N) is 2. The van der Waals surface area contributed by atoms with Gasteiger partial charge in [-0.15, -0.1) is 0 Å². The second-order valence-electron chi connectivity index (χ2n) is 5.93. The number of anilines is 2. The summed E-state index contributed by atoms with van der Waals surface area (Å²) in [5.74, 6) is 0.608. The van der Waals surface area contributed by atoms with E-state index in [0.29, 0.717) is 17.1 Å². The molecule has 2 amide bonds. The molecule has 0 aliphatic heterocycles. The third kappa shape index (κ3) is 5.90. The summed E-state index contributed by atoms with van der Waals surface area (Å²) in [4.78, 5) is 23.1. The van der Waals surface area contributed by atoms with E-state index in [1.165, 1.54) is 6.92 Å². The van der Waals surface area contributed by atoms with Gasteiger partial charge in [-0.25, -0.2) is 0 Å². The van der Waals surface area contributed by atoms with Gasteiger partial charge in [0.1, 0.15) is 5.75 Å². The molecular weight excluding hydrogens is 384 g/mol. The first-order valence-corrected chi connectivity index (χ1v) is 8.74. The van der Waals surface area contributed by atoms with Crippen LogP contribution in [0.3, 0.4) is 0 Å². The van der Waals surface area contributed by atoms with Crippen molar-refractivity contribution in [1.29, 1.82) is 0 Å². The summed E-state index contributed by atoms with van der Waals surface area (Å²) in [5.41, 5.74) is 2.36. The highest BCUT2D eigenvalue weighted by molar-refractivity contribution is 9.10. The number of rotatable bonds is 6. The third-order valence-corrected chi connectivity index (χ3v) is 3.93. The molecule has 0 aromatic heterocycles. The number of carbonyl (C=O) groups is 2. The van der Waals surface area contributed by atoms with Gasteiger partial charge >= 0.3 is 0 Å². The Morgan fingerprint density at radius 3 is 2.20 bits per heavy atom. The molecule has 2 rings (SSSR count). The molecule has 2 aromatic carbocycles. The van der Waals surface area contributed by atoms with Gasteiger partial charge in [0.15, 0.2) is 6.61 Å². The lowest BCUT2D eigenvalue weighted by Crippen LogP contribution is -2.20. The van der Waals surface area contributed by atoms with Gasteiger partial charge in [0, 0.05) is 22.8 Å². The zero-order chi connectivity index (χ0) is 18.4. The normalized spacial score (nSPS) is 10.4. The van der Waals surface area contributed by atoms with Crippen molar-refractivity contribution in [3.05, 3.63) is 52.5 Å². The highest BCUT2D eigenvalue weighted by Gasteiger charge is 2.11. The quantitative estimate of drug-likeness (QED) is 0.741. The van der Waals surface area contributed by atoms with Crippen molar-refractivity contribution in [2.75, 3.05) is 17.2 Å². The molecule has 0 saturated heterocycles. The average Bonchev–Trinajstić information content (AvgIpc) is 2.55. The number of benzene rings is 2. The standard InChI is InChI=1S/C19H21BrN2O3/c1-12(2)17-10-14(20)4-9-18(17)25-11-19(24)22-16-7-5-15(6-8-16)21-13(3)23/h4-10,12H,11H2,1-3H3,(H,21,23)(H,22,24). The summed E-state index contributed by atoms with van der Waals surface area (Å²) < 4.78 is 6.65. The molecule has 25 heavy (non-hydrogen) atoms. The van der Waals surface area contributed by atoms with Crippen LogP contribution in [0, 0.1) is 0 Å². The molecule has 0 spiro atoms. The average molecular weight is 405 g/mol. The van der Waals surface area contributed by atoms with E-state index in [2.05, 4.69) is 40.4 Å². The van der Waals surface area contributed by atoms with Crippen molar-refractivity contribution < 1.29 is 14.3 Å². The fourth-order valence-corrected chi connectivity index (χ4v) is 2.66. The molecule has 0 aliphatic rings. The van der Waals surface area contributed by atoms with Crippen molar-refractivity contribution >= 4 is 39.1 Å². The molecule has 0 unspecified atom stereocenters. The van der Waals surface area contributed by atoms with Gasteiger partial charge in [0.25, 0.3) is 5.91 Å². The van der Waals surface area contributed by atoms with Crippen molar-refractivity contribution in [2.45, 2.75) is 26.7 Å². The Hall–Kier alpha value is -2.34. The first-order valence-electron chi connectivity index (χ1n) is 7.95. The third-order valence-electron chi connectivity index (χ3n) is 3.44. The number of hydrogen-bond donors (Lipinski definition) is 2. The Bertz CT molecular complexity index is 758. The minimum atomic E-state index is -0.245. The second-order valence-corrected chi connectivity index (χ2v) is 6.85. The smallest absolute Gasteiger partial charge is 0.262 e. The maximum atomic E-state index is 12.1. The molecule has 6 heteroatoms. The van der Waals surface area contributed by atoms with Crippen molar-refractivity contribution in [3.63, 3.8) is 0 Å². The SMILES string of the molecule is CC(=O)Nc1ccc(NC(=O)COc2ccc(Br)cc2C(C)C)cc1. The lowest BCUT2D eigenvalue weighted by Gasteiger charge is -2.14. The Morgan fingerprint density at radius 1 is 1.04 bits per heavy atom. The molecule has 0 saturated carbocycles. The number of carbonyl (C=O) groups excluding carboxylic acids is 2. The van der Waals surface area contributed by atoms with Gasteiger partial charge in [-0.05, 0) is 53.9 Å². The van der Waals surface area contributed by atoms with E-state index < -0.39 is 0 Å². The van der Waals surface area contributed by atoms with E-state index >= 15 is 0 Å². The molecule has 2 aromatic rings. The van der Waals surface area contributed by atoms with Crippen LogP contribution in [0.2, 0.25) is 0 Å². The van der Waals surface area contributed by atoms with Gasteiger partial charge in [-0.3, -0.25) is 9.59 Å². The van der Waals surface area contributed by atoms with Gasteiger partial charge in [-0.1, -0.05) is 29.8 Å². The van der Waals surface area contributed by atoms with E-state index in [9.17, 15) is 9.59 Å². The van der Waals surface area contributed by atoms with Gasteiger partial charge in [-0.2, -0.15) is 0 Å². The summed E-state index contributed by atoms with van der Waals surface area (Å²) >= 11 is 3.45. The van der Waals surface area contributed by atoms with Gasteiger partial charge in [0.05, 0.1) is 0 Å². The van der Waals surface area contributed by atoms with E-state index in [-0.39, 0.29) is 24.3 Å². The maximum absolute atomic E-state index is 12.1. The Kier molecular flexibility index (Phi) is 6.58. The fourth-order valence-electron chi connectivity index (χ4n) is 2.28. The Labute approximate surface area is 155 Å². The molecule has 0 aliphatic carbocycles.